The van der Waals surface area contributed by atoms with Gasteiger partial charge in [-0.3, -0.25) is 14.4 Å². The number of nitrogens with one attached hydrogen (secondary N) is 1. The maximum absolute atomic E-state index is 11.8. The summed E-state index contributed by atoms with van der Waals surface area (Å²) in [6, 6.07) is 7.40. The van der Waals surface area contributed by atoms with Crippen LogP contribution < -0.4 is 11.2 Å². The van der Waals surface area contributed by atoms with Gasteiger partial charge in [-0.1, -0.05) is 29.8 Å². The predicted octanol–water partition coefficient (Wildman–Crippen LogP) is 1.70. The van der Waals surface area contributed by atoms with Crippen molar-refractivity contribution in [3.05, 3.63) is 34.2 Å². The van der Waals surface area contributed by atoms with Gasteiger partial charge in [-0.25, -0.2) is 5.48 Å². The maximum atomic E-state index is 11.8. The Hall–Kier alpha value is -1.63. The lowest BCUT2D eigenvalue weighted by molar-refractivity contribution is -0.124. The van der Waals surface area contributed by atoms with E-state index in [0.717, 1.165) is 10.1 Å². The molecular weight excluding hydrogens is 276 g/mol. The number of thiophene rings is 1. The summed E-state index contributed by atoms with van der Waals surface area (Å²) in [6.45, 7) is -0.381. The lowest BCUT2D eigenvalue weighted by Gasteiger charge is -2.02. The molecule has 0 unspecified atom stereocenters. The van der Waals surface area contributed by atoms with Crippen LogP contribution in [0.2, 0.25) is 5.02 Å². The fraction of sp³-hybridized carbons (Fsp3) is 0.0909. The van der Waals surface area contributed by atoms with Gasteiger partial charge in [0.2, 0.25) is 5.91 Å². The molecule has 0 spiro atoms. The zero-order valence-electron chi connectivity index (χ0n) is 9.10. The number of nitrogens with two attached hydrogens (primary N) is 1. The Kier molecular flexibility index (Phi) is 3.81. The highest BCUT2D eigenvalue weighted by molar-refractivity contribution is 7.21. The number of carbonyl (C=O) groups is 2. The molecule has 0 fully saturated rings. The van der Waals surface area contributed by atoms with E-state index in [1.54, 1.807) is 0 Å². The fourth-order valence-electron chi connectivity index (χ4n) is 1.38. The van der Waals surface area contributed by atoms with Crippen LogP contribution in [0, 0.1) is 0 Å². The summed E-state index contributed by atoms with van der Waals surface area (Å²) in [5.41, 5.74) is 6.99. The van der Waals surface area contributed by atoms with Crippen molar-refractivity contribution >= 4 is 44.8 Å². The van der Waals surface area contributed by atoms with Crippen LogP contribution >= 0.6 is 22.9 Å². The molecular formula is C11H9ClN2O3S. The van der Waals surface area contributed by atoms with Gasteiger partial charge in [-0.2, -0.15) is 0 Å². The fourth-order valence-corrected chi connectivity index (χ4v) is 2.78. The molecule has 1 heterocycles. The first-order valence-corrected chi connectivity index (χ1v) is 6.16. The van der Waals surface area contributed by atoms with Crippen molar-refractivity contribution in [2.75, 3.05) is 6.61 Å². The Morgan fingerprint density at radius 2 is 2.11 bits per heavy atom. The number of hydrogen-bond donors (Lipinski definition) is 2. The van der Waals surface area contributed by atoms with Gasteiger partial charge >= 0.3 is 0 Å². The Morgan fingerprint density at radius 1 is 1.39 bits per heavy atom. The van der Waals surface area contributed by atoms with E-state index < -0.39 is 11.8 Å². The minimum atomic E-state index is -0.669. The molecule has 0 radical (unpaired) electrons. The zero-order chi connectivity index (χ0) is 13.1. The molecule has 18 heavy (non-hydrogen) atoms. The highest BCUT2D eigenvalue weighted by atomic mass is 35.5. The third kappa shape index (κ3) is 2.61. The number of fused-ring (bicyclic) bond motifs is 1. The molecule has 0 bridgehead atoms. The maximum Gasteiger partial charge on any atom is 0.286 e. The van der Waals surface area contributed by atoms with E-state index in [2.05, 4.69) is 10.3 Å². The van der Waals surface area contributed by atoms with E-state index in [0.29, 0.717) is 9.90 Å². The standard InChI is InChI=1S/C11H9ClN2O3S/c12-9-6-3-1-2-4-7(6)18-10(9)11(16)14-17-5-8(13)15/h1-4H,5H2,(H2,13,15)(H,14,16). The quantitative estimate of drug-likeness (QED) is 0.839. The number of amides is 2. The first-order chi connectivity index (χ1) is 8.59. The molecule has 0 atom stereocenters. The summed E-state index contributed by atoms with van der Waals surface area (Å²) in [5, 5.41) is 1.18. The van der Waals surface area contributed by atoms with E-state index in [1.807, 2.05) is 24.3 Å². The van der Waals surface area contributed by atoms with Crippen LogP contribution in [-0.4, -0.2) is 18.4 Å². The second-order valence-electron chi connectivity index (χ2n) is 3.43. The molecule has 0 saturated carbocycles. The molecule has 7 heteroatoms. The average Bonchev–Trinajstić information content (AvgIpc) is 2.67. The van der Waals surface area contributed by atoms with Crippen LogP contribution in [0.4, 0.5) is 0 Å². The van der Waals surface area contributed by atoms with Crippen molar-refractivity contribution in [2.45, 2.75) is 0 Å². The van der Waals surface area contributed by atoms with Gasteiger partial charge in [0.1, 0.15) is 4.88 Å². The lowest BCUT2D eigenvalue weighted by atomic mass is 10.2. The predicted molar refractivity (Wildman–Crippen MR) is 69.4 cm³/mol. The minimum absolute atomic E-state index is 0.335. The molecule has 2 rings (SSSR count). The van der Waals surface area contributed by atoms with Gasteiger partial charge in [-0.15, -0.1) is 11.3 Å². The van der Waals surface area contributed by atoms with Crippen molar-refractivity contribution in [1.29, 1.82) is 0 Å². The van der Waals surface area contributed by atoms with E-state index >= 15 is 0 Å². The van der Waals surface area contributed by atoms with Gasteiger partial charge in [0, 0.05) is 10.1 Å². The van der Waals surface area contributed by atoms with Crippen molar-refractivity contribution < 1.29 is 14.4 Å². The molecule has 0 aliphatic rings. The van der Waals surface area contributed by atoms with Crippen LogP contribution in [0.5, 0.6) is 0 Å². The topological polar surface area (TPSA) is 81.4 Å². The largest absolute Gasteiger partial charge is 0.368 e. The first kappa shape index (κ1) is 12.8. The number of rotatable bonds is 4. The van der Waals surface area contributed by atoms with Crippen molar-refractivity contribution in [3.63, 3.8) is 0 Å². The van der Waals surface area contributed by atoms with Crippen LogP contribution in [0.25, 0.3) is 10.1 Å². The molecule has 1 aromatic carbocycles. The van der Waals surface area contributed by atoms with Crippen molar-refractivity contribution in [3.8, 4) is 0 Å². The number of hydrogen-bond acceptors (Lipinski definition) is 4. The SMILES string of the molecule is NC(=O)CONC(=O)c1sc2ccccc2c1Cl. The van der Waals surface area contributed by atoms with Crippen LogP contribution in [0.3, 0.4) is 0 Å². The monoisotopic (exact) mass is 284 g/mol. The lowest BCUT2D eigenvalue weighted by Crippen LogP contribution is -2.29. The van der Waals surface area contributed by atoms with Gasteiger partial charge in [0.15, 0.2) is 6.61 Å². The van der Waals surface area contributed by atoms with E-state index in [4.69, 9.17) is 17.3 Å². The number of primary amides is 1. The molecule has 0 saturated heterocycles. The summed E-state index contributed by atoms with van der Waals surface area (Å²) >= 11 is 7.35. The van der Waals surface area contributed by atoms with E-state index in [-0.39, 0.29) is 6.61 Å². The van der Waals surface area contributed by atoms with Gasteiger partial charge in [0.05, 0.1) is 5.02 Å². The van der Waals surface area contributed by atoms with Gasteiger partial charge in [-0.05, 0) is 6.07 Å². The van der Waals surface area contributed by atoms with Crippen LogP contribution in [0.1, 0.15) is 9.67 Å². The summed E-state index contributed by atoms with van der Waals surface area (Å²) in [7, 11) is 0. The Balaban J connectivity index is 2.17. The molecule has 0 aliphatic heterocycles. The number of benzene rings is 1. The smallest absolute Gasteiger partial charge is 0.286 e. The number of halogens is 1. The molecule has 2 aromatic rings. The Labute approximate surface area is 111 Å². The number of hydroxylamine groups is 1. The molecule has 0 aliphatic carbocycles. The van der Waals surface area contributed by atoms with Crippen molar-refractivity contribution in [2.24, 2.45) is 5.73 Å². The van der Waals surface area contributed by atoms with E-state index in [9.17, 15) is 9.59 Å². The number of carbonyl (C=O) groups excluding carboxylic acids is 2. The van der Waals surface area contributed by atoms with Gasteiger partial charge < -0.3 is 5.73 Å². The zero-order valence-corrected chi connectivity index (χ0v) is 10.7. The Morgan fingerprint density at radius 3 is 2.78 bits per heavy atom. The third-order valence-corrected chi connectivity index (χ3v) is 3.79. The summed E-state index contributed by atoms with van der Waals surface area (Å²) in [5.74, 6) is -1.17. The normalized spacial score (nSPS) is 10.5. The second kappa shape index (κ2) is 5.34. The average molecular weight is 285 g/mol. The van der Waals surface area contributed by atoms with Crippen LogP contribution in [0.15, 0.2) is 24.3 Å². The van der Waals surface area contributed by atoms with E-state index in [1.165, 1.54) is 11.3 Å². The second-order valence-corrected chi connectivity index (χ2v) is 4.86. The van der Waals surface area contributed by atoms with Crippen molar-refractivity contribution in [1.82, 2.24) is 5.48 Å². The molecule has 5 nitrogen and oxygen atoms in total. The Bertz CT molecular complexity index is 611. The molecule has 3 N–H and O–H groups in total. The third-order valence-electron chi connectivity index (χ3n) is 2.12. The van der Waals surface area contributed by atoms with Crippen LogP contribution in [-0.2, 0) is 9.63 Å². The molecule has 2 amide bonds. The summed E-state index contributed by atoms with van der Waals surface area (Å²) < 4.78 is 0.905. The first-order valence-electron chi connectivity index (χ1n) is 4.97. The highest BCUT2D eigenvalue weighted by Crippen LogP contribution is 2.34. The molecule has 94 valence electrons. The minimum Gasteiger partial charge on any atom is -0.368 e. The highest BCUT2D eigenvalue weighted by Gasteiger charge is 2.16. The van der Waals surface area contributed by atoms with Gasteiger partial charge in [0.25, 0.3) is 5.91 Å². The summed E-state index contributed by atoms with van der Waals surface area (Å²) in [4.78, 5) is 27.2. The molecule has 1 aromatic heterocycles. The summed E-state index contributed by atoms with van der Waals surface area (Å²) in [6.07, 6.45) is 0.